The first-order valence-corrected chi connectivity index (χ1v) is 12.8. The van der Waals surface area contributed by atoms with Gasteiger partial charge in [-0.15, -0.1) is 0 Å². The molecule has 1 aliphatic rings. The lowest BCUT2D eigenvalue weighted by atomic mass is 9.73. The highest BCUT2D eigenvalue weighted by Gasteiger charge is 2.39. The van der Waals surface area contributed by atoms with Crippen molar-refractivity contribution in [3.8, 4) is 0 Å². The van der Waals surface area contributed by atoms with Gasteiger partial charge in [-0.1, -0.05) is 29.3 Å². The molecule has 3 rings (SSSR count). The van der Waals surface area contributed by atoms with Crippen LogP contribution in [-0.4, -0.2) is 55.7 Å². The monoisotopic (exact) mass is 501 g/mol. The van der Waals surface area contributed by atoms with Gasteiger partial charge in [-0.3, -0.25) is 14.2 Å². The molecule has 1 aliphatic heterocycles. The third-order valence-electron chi connectivity index (χ3n) is 5.88. The molecule has 0 unspecified atom stereocenters. The van der Waals surface area contributed by atoms with Gasteiger partial charge in [-0.05, 0) is 56.0 Å². The molecule has 32 heavy (non-hydrogen) atoms. The average Bonchev–Trinajstić information content (AvgIpc) is 2.78. The summed E-state index contributed by atoms with van der Waals surface area (Å²) in [5.41, 5.74) is 0.848. The van der Waals surface area contributed by atoms with Crippen LogP contribution in [0, 0.1) is 0 Å². The Morgan fingerprint density at radius 2 is 1.94 bits per heavy atom. The SMILES string of the molecule is O=C(NCCC1(c2ccccn2)CCN(S(=O)(=O)CCCF)CC1)c1ccc(Cl)cc1Cl. The van der Waals surface area contributed by atoms with E-state index in [1.165, 1.54) is 10.4 Å². The minimum atomic E-state index is -3.48. The molecule has 1 aromatic heterocycles. The van der Waals surface area contributed by atoms with Crippen LogP contribution in [0.25, 0.3) is 0 Å². The third kappa shape index (κ3) is 5.98. The Morgan fingerprint density at radius 1 is 1.19 bits per heavy atom. The van der Waals surface area contributed by atoms with Crippen molar-refractivity contribution in [2.24, 2.45) is 0 Å². The predicted molar refractivity (Wildman–Crippen MR) is 125 cm³/mol. The fourth-order valence-electron chi connectivity index (χ4n) is 4.05. The van der Waals surface area contributed by atoms with E-state index >= 15 is 0 Å². The zero-order valence-electron chi connectivity index (χ0n) is 17.6. The summed E-state index contributed by atoms with van der Waals surface area (Å²) in [6.45, 7) is 0.398. The first kappa shape index (κ1) is 24.9. The van der Waals surface area contributed by atoms with Crippen molar-refractivity contribution in [3.63, 3.8) is 0 Å². The second-order valence-electron chi connectivity index (χ2n) is 7.88. The fourth-order valence-corrected chi connectivity index (χ4v) is 6.02. The van der Waals surface area contributed by atoms with Crippen molar-refractivity contribution in [1.29, 1.82) is 0 Å². The molecular formula is C22H26Cl2FN3O3S. The van der Waals surface area contributed by atoms with Crippen LogP contribution in [0.4, 0.5) is 4.39 Å². The summed E-state index contributed by atoms with van der Waals surface area (Å²) in [6.07, 6.45) is 3.45. The van der Waals surface area contributed by atoms with Gasteiger partial charge in [-0.2, -0.15) is 0 Å². The molecule has 0 atom stereocenters. The molecule has 2 aromatic rings. The molecule has 1 N–H and O–H groups in total. The number of sulfonamides is 1. The summed E-state index contributed by atoms with van der Waals surface area (Å²) in [4.78, 5) is 17.1. The van der Waals surface area contributed by atoms with E-state index < -0.39 is 16.7 Å². The van der Waals surface area contributed by atoms with E-state index in [0.717, 1.165) is 5.69 Å². The second-order valence-corrected chi connectivity index (χ2v) is 10.8. The number of carbonyl (C=O) groups excluding carboxylic acids is 1. The molecule has 0 bridgehead atoms. The molecule has 1 saturated heterocycles. The van der Waals surface area contributed by atoms with Gasteiger partial charge < -0.3 is 5.32 Å². The Bertz CT molecular complexity index is 1030. The number of rotatable bonds is 9. The number of aromatic nitrogens is 1. The standard InChI is InChI=1S/C22H26Cl2FN3O3S/c23-17-5-6-18(19(24)16-17)21(29)27-12-7-22(20-4-1-2-11-26-20)8-13-28(14-9-22)32(30,31)15-3-10-25/h1-2,4-6,11,16H,3,7-10,12-15H2,(H,27,29). The Morgan fingerprint density at radius 3 is 2.56 bits per heavy atom. The number of hydrogen-bond donors (Lipinski definition) is 1. The molecule has 0 aliphatic carbocycles. The summed E-state index contributed by atoms with van der Waals surface area (Å²) < 4.78 is 38.9. The average molecular weight is 502 g/mol. The minimum Gasteiger partial charge on any atom is -0.352 e. The topological polar surface area (TPSA) is 79.4 Å². The summed E-state index contributed by atoms with van der Waals surface area (Å²) >= 11 is 12.0. The van der Waals surface area contributed by atoms with E-state index in [1.54, 1.807) is 18.3 Å². The van der Waals surface area contributed by atoms with Crippen molar-refractivity contribution in [2.75, 3.05) is 32.1 Å². The summed E-state index contributed by atoms with van der Waals surface area (Å²) in [7, 11) is -3.48. The van der Waals surface area contributed by atoms with Crippen molar-refractivity contribution >= 4 is 39.1 Å². The van der Waals surface area contributed by atoms with E-state index in [4.69, 9.17) is 23.2 Å². The number of amides is 1. The molecule has 1 amide bonds. The van der Waals surface area contributed by atoms with Gasteiger partial charge in [0.2, 0.25) is 10.0 Å². The minimum absolute atomic E-state index is 0.00348. The molecule has 0 radical (unpaired) electrons. The van der Waals surface area contributed by atoms with Crippen LogP contribution in [0.2, 0.25) is 10.0 Å². The third-order valence-corrected chi connectivity index (χ3v) is 8.39. The quantitative estimate of drug-likeness (QED) is 0.557. The first-order chi connectivity index (χ1) is 15.3. The molecule has 0 saturated carbocycles. The highest BCUT2D eigenvalue weighted by molar-refractivity contribution is 7.89. The number of benzene rings is 1. The van der Waals surface area contributed by atoms with Gasteiger partial charge in [0.1, 0.15) is 0 Å². The van der Waals surface area contributed by atoms with Gasteiger partial charge in [-0.25, -0.2) is 12.7 Å². The Labute approximate surface area is 198 Å². The van der Waals surface area contributed by atoms with E-state index in [0.29, 0.717) is 49.5 Å². The molecule has 174 valence electrons. The summed E-state index contributed by atoms with van der Waals surface area (Å²) in [5.74, 6) is -0.480. The number of halogens is 3. The van der Waals surface area contributed by atoms with Crippen molar-refractivity contribution in [2.45, 2.75) is 31.1 Å². The maximum atomic E-state index is 12.6. The van der Waals surface area contributed by atoms with Crippen LogP contribution in [0.3, 0.4) is 0 Å². The molecule has 2 heterocycles. The predicted octanol–water partition coefficient (Wildman–Crippen LogP) is 4.23. The molecule has 6 nitrogen and oxygen atoms in total. The molecule has 10 heteroatoms. The number of carbonyl (C=O) groups is 1. The first-order valence-electron chi connectivity index (χ1n) is 10.5. The van der Waals surface area contributed by atoms with Crippen LogP contribution < -0.4 is 5.32 Å². The van der Waals surface area contributed by atoms with Gasteiger partial charge in [0.25, 0.3) is 5.91 Å². The largest absolute Gasteiger partial charge is 0.352 e. The number of piperidine rings is 1. The van der Waals surface area contributed by atoms with Crippen molar-refractivity contribution in [3.05, 3.63) is 63.9 Å². The van der Waals surface area contributed by atoms with Crippen molar-refractivity contribution < 1.29 is 17.6 Å². The van der Waals surface area contributed by atoms with Gasteiger partial charge >= 0.3 is 0 Å². The van der Waals surface area contributed by atoms with Crippen LogP contribution in [0.15, 0.2) is 42.6 Å². The molecule has 1 fully saturated rings. The van der Waals surface area contributed by atoms with Crippen molar-refractivity contribution in [1.82, 2.24) is 14.6 Å². The normalized spacial score (nSPS) is 16.6. The van der Waals surface area contributed by atoms with Gasteiger partial charge in [0.05, 0.1) is 23.0 Å². The zero-order chi connectivity index (χ0) is 23.2. The zero-order valence-corrected chi connectivity index (χ0v) is 19.9. The summed E-state index contributed by atoms with van der Waals surface area (Å²) in [6, 6.07) is 10.4. The summed E-state index contributed by atoms with van der Waals surface area (Å²) in [5, 5.41) is 3.63. The van der Waals surface area contributed by atoms with Crippen LogP contribution in [-0.2, 0) is 15.4 Å². The Kier molecular flexibility index (Phi) is 8.49. The number of nitrogens with zero attached hydrogens (tertiary/aromatic N) is 2. The molecular weight excluding hydrogens is 476 g/mol. The van der Waals surface area contributed by atoms with Gasteiger partial charge in [0, 0.05) is 42.0 Å². The fraction of sp³-hybridized carbons (Fsp3) is 0.455. The maximum Gasteiger partial charge on any atom is 0.252 e. The number of hydrogen-bond acceptors (Lipinski definition) is 4. The van der Waals surface area contributed by atoms with E-state index in [9.17, 15) is 17.6 Å². The molecule has 1 aromatic carbocycles. The Balaban J connectivity index is 1.69. The molecule has 0 spiro atoms. The number of pyridine rings is 1. The highest BCUT2D eigenvalue weighted by atomic mass is 35.5. The lowest BCUT2D eigenvalue weighted by Gasteiger charge is -2.41. The van der Waals surface area contributed by atoms with Crippen LogP contribution in [0.1, 0.15) is 41.7 Å². The second kappa shape index (κ2) is 10.9. The van der Waals surface area contributed by atoms with E-state index in [1.807, 2.05) is 18.2 Å². The van der Waals surface area contributed by atoms with Crippen LogP contribution >= 0.6 is 23.2 Å². The van der Waals surface area contributed by atoms with E-state index in [-0.39, 0.29) is 28.5 Å². The van der Waals surface area contributed by atoms with E-state index in [2.05, 4.69) is 10.3 Å². The maximum absolute atomic E-state index is 12.6. The lowest BCUT2D eigenvalue weighted by molar-refractivity contribution is 0.0947. The smallest absolute Gasteiger partial charge is 0.252 e. The number of alkyl halides is 1. The highest BCUT2D eigenvalue weighted by Crippen LogP contribution is 2.38. The van der Waals surface area contributed by atoms with Gasteiger partial charge in [0.15, 0.2) is 0 Å². The number of nitrogens with one attached hydrogen (secondary N) is 1. The van der Waals surface area contributed by atoms with Crippen LogP contribution in [0.5, 0.6) is 0 Å². The Hall–Kier alpha value is -1.74. The lowest BCUT2D eigenvalue weighted by Crippen LogP contribution is -2.47.